The molecule has 0 aromatic carbocycles. The van der Waals surface area contributed by atoms with Gasteiger partial charge in [-0.2, -0.15) is 0 Å². The summed E-state index contributed by atoms with van der Waals surface area (Å²) in [5.74, 6) is -0.566. The molecule has 0 aromatic rings. The van der Waals surface area contributed by atoms with Crippen molar-refractivity contribution in [2.75, 3.05) is 40.3 Å². The van der Waals surface area contributed by atoms with Crippen LogP contribution in [0.15, 0.2) is 0 Å². The summed E-state index contributed by atoms with van der Waals surface area (Å²) in [6.45, 7) is 5.84. The largest absolute Gasteiger partial charge is 0.481 e. The first kappa shape index (κ1) is 36.4. The molecule has 0 spiro atoms. The number of nitrogens with zero attached hydrogens (tertiary/aromatic N) is 2. The number of ether oxygens (including phenoxy) is 1. The second kappa shape index (κ2) is 27.0. The van der Waals surface area contributed by atoms with E-state index in [-0.39, 0.29) is 18.3 Å². The summed E-state index contributed by atoms with van der Waals surface area (Å²) in [4.78, 5) is 38.6. The zero-order chi connectivity index (χ0) is 28.3. The van der Waals surface area contributed by atoms with Gasteiger partial charge in [0.2, 0.25) is 5.91 Å². The first-order valence-corrected chi connectivity index (χ1v) is 15.7. The van der Waals surface area contributed by atoms with Crippen LogP contribution in [-0.2, 0) is 19.1 Å². The maximum Gasteiger partial charge on any atom is 0.305 e. The molecule has 0 fully saturated rings. The zero-order valence-corrected chi connectivity index (χ0v) is 25.2. The van der Waals surface area contributed by atoms with Gasteiger partial charge in [0.25, 0.3) is 0 Å². The first-order valence-electron chi connectivity index (χ1n) is 15.7. The normalized spacial score (nSPS) is 11.2. The summed E-state index contributed by atoms with van der Waals surface area (Å²) in [7, 11) is 3.61. The number of esters is 1. The number of carboxylic acid groups (broad SMARTS) is 1. The minimum absolute atomic E-state index is 0.0441. The van der Waals surface area contributed by atoms with Crippen molar-refractivity contribution in [3.05, 3.63) is 0 Å². The third kappa shape index (κ3) is 26.0. The molecule has 0 aliphatic carbocycles. The third-order valence-electron chi connectivity index (χ3n) is 7.09. The van der Waals surface area contributed by atoms with Crippen molar-refractivity contribution in [3.8, 4) is 0 Å². The molecule has 0 radical (unpaired) electrons. The lowest BCUT2D eigenvalue weighted by molar-refractivity contribution is -0.144. The molecular formula is C31H60N2O5. The molecule has 1 amide bonds. The van der Waals surface area contributed by atoms with Gasteiger partial charge in [0.1, 0.15) is 0 Å². The highest BCUT2D eigenvalue weighted by Gasteiger charge is 2.09. The SMILES string of the molecule is CCCCCCCCCOC(=O)CCCCCCCN(CCCCCCCC(=O)O)CCCC(=O)N(C)C. The fourth-order valence-electron chi connectivity index (χ4n) is 4.61. The number of hydrogen-bond donors (Lipinski definition) is 1. The van der Waals surface area contributed by atoms with E-state index in [2.05, 4.69) is 11.8 Å². The Hall–Kier alpha value is -1.63. The summed E-state index contributed by atoms with van der Waals surface area (Å²) in [5, 5.41) is 8.74. The Bertz CT molecular complexity index is 583. The van der Waals surface area contributed by atoms with Crippen LogP contribution >= 0.6 is 0 Å². The maximum absolute atomic E-state index is 11.9. The van der Waals surface area contributed by atoms with Gasteiger partial charge < -0.3 is 19.6 Å². The second-order valence-corrected chi connectivity index (χ2v) is 11.0. The van der Waals surface area contributed by atoms with Crippen molar-refractivity contribution in [3.63, 3.8) is 0 Å². The zero-order valence-electron chi connectivity index (χ0n) is 25.2. The summed E-state index contributed by atoms with van der Waals surface area (Å²) in [6.07, 6.45) is 21.4. The van der Waals surface area contributed by atoms with Gasteiger partial charge in [-0.05, 0) is 58.2 Å². The Morgan fingerprint density at radius 3 is 1.61 bits per heavy atom. The fraction of sp³-hybridized carbons (Fsp3) is 0.903. The molecule has 7 heteroatoms. The molecule has 0 aliphatic heterocycles. The van der Waals surface area contributed by atoms with Crippen molar-refractivity contribution in [1.29, 1.82) is 0 Å². The molecule has 0 saturated carbocycles. The lowest BCUT2D eigenvalue weighted by Crippen LogP contribution is -2.29. The average Bonchev–Trinajstić information content (AvgIpc) is 2.88. The Balaban J connectivity index is 3.90. The topological polar surface area (TPSA) is 87.1 Å². The number of aliphatic carboxylic acids is 1. The Kier molecular flexibility index (Phi) is 25.8. The van der Waals surface area contributed by atoms with Crippen LogP contribution < -0.4 is 0 Å². The van der Waals surface area contributed by atoms with E-state index in [1.807, 2.05) is 0 Å². The molecule has 224 valence electrons. The van der Waals surface area contributed by atoms with Gasteiger partial charge in [0.15, 0.2) is 0 Å². The Morgan fingerprint density at radius 2 is 1.05 bits per heavy atom. The lowest BCUT2D eigenvalue weighted by Gasteiger charge is -2.22. The number of carbonyl (C=O) groups is 3. The average molecular weight is 541 g/mol. The summed E-state index contributed by atoms with van der Waals surface area (Å²) in [5.41, 5.74) is 0. The van der Waals surface area contributed by atoms with Crippen molar-refractivity contribution < 1.29 is 24.2 Å². The molecule has 0 atom stereocenters. The van der Waals surface area contributed by atoms with Crippen LogP contribution in [0.5, 0.6) is 0 Å². The van der Waals surface area contributed by atoms with Crippen LogP contribution in [0, 0.1) is 0 Å². The number of hydrogen-bond acceptors (Lipinski definition) is 5. The number of carboxylic acids is 1. The molecule has 0 rings (SSSR count). The van der Waals surface area contributed by atoms with E-state index in [4.69, 9.17) is 9.84 Å². The van der Waals surface area contributed by atoms with Crippen LogP contribution in [-0.4, -0.2) is 73.1 Å². The van der Waals surface area contributed by atoms with Crippen LogP contribution in [0.2, 0.25) is 0 Å². The molecule has 0 bridgehead atoms. The summed E-state index contributed by atoms with van der Waals surface area (Å²) in [6, 6.07) is 0. The fourth-order valence-corrected chi connectivity index (χ4v) is 4.61. The van der Waals surface area contributed by atoms with E-state index in [9.17, 15) is 14.4 Å². The summed E-state index contributed by atoms with van der Waals surface area (Å²) >= 11 is 0. The molecule has 0 aliphatic rings. The quantitative estimate of drug-likeness (QED) is 0.0833. The van der Waals surface area contributed by atoms with E-state index in [0.29, 0.717) is 19.4 Å². The van der Waals surface area contributed by atoms with Gasteiger partial charge in [0.05, 0.1) is 6.61 Å². The Labute approximate surface area is 234 Å². The van der Waals surface area contributed by atoms with E-state index in [0.717, 1.165) is 103 Å². The maximum atomic E-state index is 11.9. The predicted molar refractivity (Wildman–Crippen MR) is 156 cm³/mol. The molecule has 38 heavy (non-hydrogen) atoms. The monoisotopic (exact) mass is 540 g/mol. The number of unbranched alkanes of at least 4 members (excludes halogenated alkanes) is 14. The minimum atomic E-state index is -0.706. The van der Waals surface area contributed by atoms with Gasteiger partial charge in [-0.1, -0.05) is 84.0 Å². The van der Waals surface area contributed by atoms with Crippen molar-refractivity contribution >= 4 is 17.8 Å². The molecule has 0 unspecified atom stereocenters. The lowest BCUT2D eigenvalue weighted by atomic mass is 10.1. The van der Waals surface area contributed by atoms with Crippen molar-refractivity contribution in [2.24, 2.45) is 0 Å². The van der Waals surface area contributed by atoms with Crippen molar-refractivity contribution in [2.45, 2.75) is 142 Å². The van der Waals surface area contributed by atoms with E-state index in [1.165, 1.54) is 32.1 Å². The standard InChI is InChI=1S/C31H60N2O5/c1-4-5-6-7-8-15-20-28-38-31(37)24-17-12-10-14-19-26-33(27-21-22-29(34)32(2)3)25-18-13-9-11-16-23-30(35)36/h4-28H2,1-3H3,(H,35,36). The second-order valence-electron chi connectivity index (χ2n) is 11.0. The number of amides is 1. The molecule has 1 N–H and O–H groups in total. The molecule has 7 nitrogen and oxygen atoms in total. The first-order chi connectivity index (χ1) is 18.4. The third-order valence-corrected chi connectivity index (χ3v) is 7.09. The van der Waals surface area contributed by atoms with Gasteiger partial charge in [-0.15, -0.1) is 0 Å². The van der Waals surface area contributed by atoms with E-state index < -0.39 is 5.97 Å². The molecule has 0 saturated heterocycles. The molecule has 0 aromatic heterocycles. The van der Waals surface area contributed by atoms with Crippen LogP contribution in [0.1, 0.15) is 142 Å². The Morgan fingerprint density at radius 1 is 0.579 bits per heavy atom. The van der Waals surface area contributed by atoms with Crippen LogP contribution in [0.25, 0.3) is 0 Å². The van der Waals surface area contributed by atoms with Gasteiger partial charge in [-0.25, -0.2) is 0 Å². The predicted octanol–water partition coefficient (Wildman–Crippen LogP) is 7.22. The van der Waals surface area contributed by atoms with Crippen LogP contribution in [0.4, 0.5) is 0 Å². The number of carbonyl (C=O) groups excluding carboxylic acids is 2. The van der Waals surface area contributed by atoms with Gasteiger partial charge in [0, 0.05) is 33.4 Å². The molecular weight excluding hydrogens is 480 g/mol. The van der Waals surface area contributed by atoms with Gasteiger partial charge in [-0.3, -0.25) is 14.4 Å². The van der Waals surface area contributed by atoms with E-state index >= 15 is 0 Å². The highest BCUT2D eigenvalue weighted by molar-refractivity contribution is 5.75. The van der Waals surface area contributed by atoms with E-state index in [1.54, 1.807) is 19.0 Å². The smallest absolute Gasteiger partial charge is 0.305 e. The highest BCUT2D eigenvalue weighted by Crippen LogP contribution is 2.11. The minimum Gasteiger partial charge on any atom is -0.481 e. The van der Waals surface area contributed by atoms with Crippen LogP contribution in [0.3, 0.4) is 0 Å². The van der Waals surface area contributed by atoms with Crippen molar-refractivity contribution in [1.82, 2.24) is 9.80 Å². The summed E-state index contributed by atoms with van der Waals surface area (Å²) < 4.78 is 5.38. The molecule has 0 heterocycles. The van der Waals surface area contributed by atoms with Gasteiger partial charge >= 0.3 is 11.9 Å². The number of rotatable bonds is 28. The highest BCUT2D eigenvalue weighted by atomic mass is 16.5.